The van der Waals surface area contributed by atoms with E-state index < -0.39 is 0 Å². The van der Waals surface area contributed by atoms with Crippen molar-refractivity contribution in [3.8, 4) is 0 Å². The molecule has 1 heterocycles. The molecule has 0 saturated heterocycles. The quantitative estimate of drug-likeness (QED) is 0.824. The number of hydrogen-bond acceptors (Lipinski definition) is 2. The van der Waals surface area contributed by atoms with Crippen LogP contribution in [0.2, 0.25) is 0 Å². The summed E-state index contributed by atoms with van der Waals surface area (Å²) >= 11 is 3.32. The first-order valence-corrected chi connectivity index (χ1v) is 4.56. The Balaban J connectivity index is 2.14. The zero-order chi connectivity index (χ0) is 7.84. The van der Waals surface area contributed by atoms with Gasteiger partial charge >= 0.3 is 0 Å². The Morgan fingerprint density at radius 1 is 1.64 bits per heavy atom. The van der Waals surface area contributed by atoms with E-state index >= 15 is 0 Å². The molecule has 2 N–H and O–H groups in total. The molecule has 1 saturated carbocycles. The highest BCUT2D eigenvalue weighted by Gasteiger charge is 2.31. The summed E-state index contributed by atoms with van der Waals surface area (Å²) in [5.41, 5.74) is 5.90. The lowest BCUT2D eigenvalue weighted by atomic mass is 10.1. The molecule has 3 heteroatoms. The molecule has 0 aromatic carbocycles. The van der Waals surface area contributed by atoms with Crippen LogP contribution in [0.4, 0.5) is 0 Å². The lowest BCUT2D eigenvalue weighted by molar-refractivity contribution is 0.442. The van der Waals surface area contributed by atoms with Crippen LogP contribution >= 0.6 is 15.9 Å². The van der Waals surface area contributed by atoms with Gasteiger partial charge in [0, 0.05) is 0 Å². The molecule has 1 atom stereocenters. The van der Waals surface area contributed by atoms with Crippen LogP contribution in [-0.4, -0.2) is 0 Å². The lowest BCUT2D eigenvalue weighted by Gasteiger charge is -2.04. The first kappa shape index (κ1) is 7.37. The zero-order valence-electron chi connectivity index (χ0n) is 6.09. The normalized spacial score (nSPS) is 20.2. The number of furan rings is 1. The summed E-state index contributed by atoms with van der Waals surface area (Å²) in [6.07, 6.45) is 4.18. The molecule has 0 radical (unpaired) electrons. The van der Waals surface area contributed by atoms with Crippen molar-refractivity contribution in [3.63, 3.8) is 0 Å². The van der Waals surface area contributed by atoms with E-state index in [1.807, 2.05) is 6.07 Å². The molecule has 1 aromatic heterocycles. The van der Waals surface area contributed by atoms with Gasteiger partial charge < -0.3 is 10.2 Å². The van der Waals surface area contributed by atoms with Gasteiger partial charge in [0.2, 0.25) is 0 Å². The summed E-state index contributed by atoms with van der Waals surface area (Å²) in [5, 5.41) is 0. The van der Waals surface area contributed by atoms with Crippen molar-refractivity contribution in [2.75, 3.05) is 0 Å². The number of rotatable bonds is 2. The highest BCUT2D eigenvalue weighted by molar-refractivity contribution is 9.10. The van der Waals surface area contributed by atoms with Crippen LogP contribution in [0.15, 0.2) is 21.2 Å². The Hall–Kier alpha value is -0.280. The van der Waals surface area contributed by atoms with Crippen LogP contribution in [-0.2, 0) is 0 Å². The highest BCUT2D eigenvalue weighted by Crippen LogP contribution is 2.40. The van der Waals surface area contributed by atoms with Gasteiger partial charge in [0.25, 0.3) is 0 Å². The second-order valence-corrected chi connectivity index (χ2v) is 3.95. The molecule has 0 spiro atoms. The van der Waals surface area contributed by atoms with Crippen LogP contribution in [0.1, 0.15) is 24.6 Å². The second-order valence-electron chi connectivity index (χ2n) is 3.03. The first-order chi connectivity index (χ1) is 5.27. The predicted octanol–water partition coefficient (Wildman–Crippen LogP) is 2.45. The Labute approximate surface area is 73.9 Å². The molecule has 1 fully saturated rings. The van der Waals surface area contributed by atoms with Gasteiger partial charge in [0.1, 0.15) is 12.0 Å². The largest absolute Gasteiger partial charge is 0.466 e. The maximum atomic E-state index is 5.90. The molecule has 0 bridgehead atoms. The fourth-order valence-corrected chi connectivity index (χ4v) is 1.51. The Bertz CT molecular complexity index is 254. The molecule has 1 aliphatic carbocycles. The summed E-state index contributed by atoms with van der Waals surface area (Å²) in [6, 6.07) is 2.06. The van der Waals surface area contributed by atoms with Crippen LogP contribution < -0.4 is 5.73 Å². The van der Waals surface area contributed by atoms with Crippen molar-refractivity contribution in [2.24, 2.45) is 11.7 Å². The maximum Gasteiger partial charge on any atom is 0.121 e. The SMILES string of the molecule is NC(c1cc(Br)co1)C1CC1. The van der Waals surface area contributed by atoms with Gasteiger partial charge in [-0.15, -0.1) is 0 Å². The summed E-state index contributed by atoms with van der Waals surface area (Å²) in [5.74, 6) is 1.56. The van der Waals surface area contributed by atoms with E-state index in [1.165, 1.54) is 12.8 Å². The van der Waals surface area contributed by atoms with Crippen molar-refractivity contribution in [2.45, 2.75) is 18.9 Å². The number of halogens is 1. The average molecular weight is 216 g/mol. The Kier molecular flexibility index (Phi) is 1.77. The fraction of sp³-hybridized carbons (Fsp3) is 0.500. The Morgan fingerprint density at radius 2 is 2.36 bits per heavy atom. The summed E-state index contributed by atoms with van der Waals surface area (Å²) in [4.78, 5) is 0. The van der Waals surface area contributed by atoms with Crippen molar-refractivity contribution in [1.29, 1.82) is 0 Å². The third kappa shape index (κ3) is 1.49. The molecule has 60 valence electrons. The van der Waals surface area contributed by atoms with Crippen LogP contribution in [0.5, 0.6) is 0 Å². The van der Waals surface area contributed by atoms with E-state index in [1.54, 1.807) is 6.26 Å². The van der Waals surface area contributed by atoms with Crippen molar-refractivity contribution in [3.05, 3.63) is 22.6 Å². The van der Waals surface area contributed by atoms with E-state index in [2.05, 4.69) is 15.9 Å². The van der Waals surface area contributed by atoms with E-state index in [9.17, 15) is 0 Å². The molecule has 0 amide bonds. The third-order valence-corrected chi connectivity index (χ3v) is 2.46. The predicted molar refractivity (Wildman–Crippen MR) is 46.1 cm³/mol. The van der Waals surface area contributed by atoms with Crippen molar-refractivity contribution in [1.82, 2.24) is 0 Å². The van der Waals surface area contributed by atoms with E-state index in [0.717, 1.165) is 10.2 Å². The topological polar surface area (TPSA) is 39.2 Å². The minimum absolute atomic E-state index is 0.112. The van der Waals surface area contributed by atoms with Crippen molar-refractivity contribution >= 4 is 15.9 Å². The first-order valence-electron chi connectivity index (χ1n) is 3.77. The van der Waals surface area contributed by atoms with E-state index in [4.69, 9.17) is 10.2 Å². The van der Waals surface area contributed by atoms with Gasteiger partial charge in [-0.3, -0.25) is 0 Å². The fourth-order valence-electron chi connectivity index (χ4n) is 1.19. The molecule has 1 aromatic rings. The summed E-state index contributed by atoms with van der Waals surface area (Å²) in [6.45, 7) is 0. The highest BCUT2D eigenvalue weighted by atomic mass is 79.9. The smallest absolute Gasteiger partial charge is 0.121 e. The standard InChI is InChI=1S/C8H10BrNO/c9-6-3-7(11-4-6)8(10)5-1-2-5/h3-5,8H,1-2,10H2. The van der Waals surface area contributed by atoms with Crippen molar-refractivity contribution < 1.29 is 4.42 Å². The molecular formula is C8H10BrNO. The van der Waals surface area contributed by atoms with E-state index in [0.29, 0.717) is 5.92 Å². The van der Waals surface area contributed by atoms with Crippen LogP contribution in [0.3, 0.4) is 0 Å². The zero-order valence-corrected chi connectivity index (χ0v) is 7.67. The molecule has 1 unspecified atom stereocenters. The molecule has 0 aliphatic heterocycles. The molecule has 2 nitrogen and oxygen atoms in total. The number of hydrogen-bond donors (Lipinski definition) is 1. The lowest BCUT2D eigenvalue weighted by Crippen LogP contribution is -2.10. The molecule has 11 heavy (non-hydrogen) atoms. The second kappa shape index (κ2) is 2.64. The monoisotopic (exact) mass is 215 g/mol. The van der Waals surface area contributed by atoms with Gasteiger partial charge in [-0.1, -0.05) is 0 Å². The minimum atomic E-state index is 0.112. The maximum absolute atomic E-state index is 5.90. The van der Waals surface area contributed by atoms with Crippen LogP contribution in [0, 0.1) is 5.92 Å². The van der Waals surface area contributed by atoms with E-state index in [-0.39, 0.29) is 6.04 Å². The number of nitrogens with two attached hydrogens (primary N) is 1. The van der Waals surface area contributed by atoms with Gasteiger partial charge in [-0.2, -0.15) is 0 Å². The van der Waals surface area contributed by atoms with Crippen LogP contribution in [0.25, 0.3) is 0 Å². The minimum Gasteiger partial charge on any atom is -0.466 e. The van der Waals surface area contributed by atoms with Gasteiger partial charge in [-0.25, -0.2) is 0 Å². The summed E-state index contributed by atoms with van der Waals surface area (Å²) < 4.78 is 6.23. The third-order valence-electron chi connectivity index (χ3n) is 2.05. The molecule has 2 rings (SSSR count). The van der Waals surface area contributed by atoms with Gasteiger partial charge in [0.05, 0.1) is 10.5 Å². The van der Waals surface area contributed by atoms with Gasteiger partial charge in [0.15, 0.2) is 0 Å². The summed E-state index contributed by atoms with van der Waals surface area (Å²) in [7, 11) is 0. The van der Waals surface area contributed by atoms with Gasteiger partial charge in [-0.05, 0) is 40.8 Å². The molecular weight excluding hydrogens is 206 g/mol. The average Bonchev–Trinajstić information content (AvgIpc) is 2.74. The molecule has 1 aliphatic rings. The Morgan fingerprint density at radius 3 is 2.82 bits per heavy atom.